The third-order valence-corrected chi connectivity index (χ3v) is 3.53. The Labute approximate surface area is 64.3 Å². The van der Waals surface area contributed by atoms with Crippen molar-refractivity contribution >= 4 is 20.4 Å². The van der Waals surface area contributed by atoms with Gasteiger partial charge in [0.15, 0.2) is 0 Å². The van der Waals surface area contributed by atoms with Crippen molar-refractivity contribution in [1.29, 1.82) is 0 Å². The van der Waals surface area contributed by atoms with Gasteiger partial charge in [-0.2, -0.15) is 8.42 Å². The molecule has 0 radical (unpaired) electrons. The van der Waals surface area contributed by atoms with Crippen LogP contribution in [0.15, 0.2) is 12.7 Å². The Morgan fingerprint density at radius 3 is 2.50 bits per heavy atom. The van der Waals surface area contributed by atoms with Crippen LogP contribution in [-0.2, 0) is 10.1 Å². The monoisotopic (exact) mass is 180 g/mol. The molecule has 0 aliphatic rings. The molecule has 0 bridgehead atoms. The number of hydrogen-bond donors (Lipinski definition) is 1. The van der Waals surface area contributed by atoms with Crippen LogP contribution in [0.3, 0.4) is 0 Å². The molecule has 0 saturated heterocycles. The molecule has 0 heterocycles. The number of allylic oxidation sites excluding steroid dienone is 1. The second kappa shape index (κ2) is 3.90. The number of rotatable bonds is 4. The average molecular weight is 180 g/mol. The molecule has 10 heavy (non-hydrogen) atoms. The third-order valence-electron chi connectivity index (χ3n) is 1.06. The van der Waals surface area contributed by atoms with Crippen molar-refractivity contribution in [2.24, 2.45) is 0 Å². The minimum atomic E-state index is -3.76. The zero-order chi connectivity index (χ0) is 8.20. The van der Waals surface area contributed by atoms with Crippen LogP contribution < -0.4 is 0 Å². The van der Waals surface area contributed by atoms with E-state index < -0.39 is 10.1 Å². The molecule has 0 aromatic carbocycles. The summed E-state index contributed by atoms with van der Waals surface area (Å²) in [6.45, 7) is 3.48. The second-order valence-electron chi connectivity index (χ2n) is 2.38. The molecule has 1 atom stereocenters. The lowest BCUT2D eigenvalue weighted by Crippen LogP contribution is -2.09. The molecule has 0 fully saturated rings. The molecule has 0 rings (SSSR count). The van der Waals surface area contributed by atoms with Crippen LogP contribution in [0.5, 0.6) is 0 Å². The fourth-order valence-electron chi connectivity index (χ4n) is 0.712. The van der Waals surface area contributed by atoms with E-state index in [-0.39, 0.29) is 11.3 Å². The van der Waals surface area contributed by atoms with E-state index in [0.717, 1.165) is 10.2 Å². The summed E-state index contributed by atoms with van der Waals surface area (Å²) in [5, 5.41) is 0. The molecular weight excluding hydrogens is 168 g/mol. The van der Waals surface area contributed by atoms with Gasteiger partial charge in [-0.15, -0.1) is 6.58 Å². The van der Waals surface area contributed by atoms with E-state index in [1.54, 1.807) is 6.08 Å². The molecule has 1 unspecified atom stereocenters. The fraction of sp³-hybridized carbons (Fsp3) is 0.600. The van der Waals surface area contributed by atoms with Crippen LogP contribution >= 0.6 is 0 Å². The molecule has 0 saturated carbocycles. The van der Waals surface area contributed by atoms with E-state index in [0.29, 0.717) is 6.42 Å². The smallest absolute Gasteiger partial charge is 0.264 e. The van der Waals surface area contributed by atoms with Gasteiger partial charge in [-0.1, -0.05) is 6.08 Å². The van der Waals surface area contributed by atoms with Gasteiger partial charge in [0.1, 0.15) is 0 Å². The molecule has 5 heteroatoms. The highest BCUT2D eigenvalue weighted by atomic mass is 32.2. The van der Waals surface area contributed by atoms with Gasteiger partial charge in [0.05, 0.1) is 5.75 Å². The van der Waals surface area contributed by atoms with Crippen molar-refractivity contribution in [3.8, 4) is 0 Å². The van der Waals surface area contributed by atoms with E-state index in [1.165, 1.54) is 0 Å². The molecule has 0 spiro atoms. The molecule has 0 aromatic heterocycles. The molecule has 0 aromatic rings. The first-order valence-electron chi connectivity index (χ1n) is 3.01. The van der Waals surface area contributed by atoms with Gasteiger partial charge >= 0.3 is 0 Å². The SMILES string of the molecule is C=CCC([SiH3])CS(=O)(=O)O. The van der Waals surface area contributed by atoms with Crippen molar-refractivity contribution in [1.82, 2.24) is 0 Å². The Morgan fingerprint density at radius 2 is 2.20 bits per heavy atom. The molecule has 0 amide bonds. The van der Waals surface area contributed by atoms with E-state index in [4.69, 9.17) is 4.55 Å². The molecule has 3 nitrogen and oxygen atoms in total. The van der Waals surface area contributed by atoms with Crippen molar-refractivity contribution in [2.45, 2.75) is 12.0 Å². The molecule has 1 N–H and O–H groups in total. The van der Waals surface area contributed by atoms with Crippen LogP contribution in [0.25, 0.3) is 0 Å². The van der Waals surface area contributed by atoms with E-state index in [1.807, 2.05) is 0 Å². The summed E-state index contributed by atoms with van der Waals surface area (Å²) in [6.07, 6.45) is 2.34. The topological polar surface area (TPSA) is 54.4 Å². The quantitative estimate of drug-likeness (QED) is 0.364. The van der Waals surface area contributed by atoms with Crippen molar-refractivity contribution in [3.05, 3.63) is 12.7 Å². The maximum Gasteiger partial charge on any atom is 0.264 e. The minimum absolute atomic E-state index is 0.0903. The largest absolute Gasteiger partial charge is 0.286 e. The zero-order valence-corrected chi connectivity index (χ0v) is 8.76. The highest BCUT2D eigenvalue weighted by Gasteiger charge is 2.09. The van der Waals surface area contributed by atoms with Gasteiger partial charge in [0.25, 0.3) is 10.1 Å². The van der Waals surface area contributed by atoms with Crippen LogP contribution in [0.4, 0.5) is 0 Å². The Hall–Kier alpha value is -0.133. The summed E-state index contributed by atoms with van der Waals surface area (Å²) < 4.78 is 28.9. The van der Waals surface area contributed by atoms with Crippen LogP contribution in [0.2, 0.25) is 5.54 Å². The number of hydrogen-bond acceptors (Lipinski definition) is 2. The van der Waals surface area contributed by atoms with Gasteiger partial charge in [-0.05, 0) is 12.0 Å². The first-order valence-corrected chi connectivity index (χ1v) is 5.78. The Morgan fingerprint density at radius 1 is 1.70 bits per heavy atom. The lowest BCUT2D eigenvalue weighted by molar-refractivity contribution is 0.481. The molecule has 0 aliphatic heterocycles. The predicted molar refractivity (Wildman–Crippen MR) is 44.9 cm³/mol. The lowest BCUT2D eigenvalue weighted by Gasteiger charge is -2.03. The fourth-order valence-corrected chi connectivity index (χ4v) is 3.16. The van der Waals surface area contributed by atoms with E-state index in [2.05, 4.69) is 6.58 Å². The minimum Gasteiger partial charge on any atom is -0.286 e. The summed E-state index contributed by atoms with van der Waals surface area (Å²) in [4.78, 5) is 0. The van der Waals surface area contributed by atoms with E-state index >= 15 is 0 Å². The van der Waals surface area contributed by atoms with Crippen LogP contribution in [-0.4, -0.2) is 29.0 Å². The first kappa shape index (κ1) is 9.87. The summed E-state index contributed by atoms with van der Waals surface area (Å²) in [7, 11) is -2.99. The average Bonchev–Trinajstić information content (AvgIpc) is 1.59. The Bertz CT molecular complexity index is 197. The summed E-state index contributed by atoms with van der Waals surface area (Å²) >= 11 is 0. The van der Waals surface area contributed by atoms with Gasteiger partial charge < -0.3 is 0 Å². The Balaban J connectivity index is 3.80. The maximum absolute atomic E-state index is 10.3. The van der Waals surface area contributed by atoms with Crippen molar-refractivity contribution < 1.29 is 13.0 Å². The van der Waals surface area contributed by atoms with Crippen LogP contribution in [0, 0.1) is 0 Å². The first-order chi connectivity index (χ1) is 4.45. The standard InChI is InChI=1S/C5H12O3SSi/c1-2-3-5(10)4-9(6,7)8/h2,5H,1,3-4H2,10H3,(H,6,7,8). The highest BCUT2D eigenvalue weighted by Crippen LogP contribution is 2.07. The van der Waals surface area contributed by atoms with Crippen LogP contribution in [0.1, 0.15) is 6.42 Å². The normalized spacial score (nSPS) is 14.9. The molecular formula is C5H12O3SSi. The summed E-state index contributed by atoms with van der Waals surface area (Å²) in [5.74, 6) is -0.120. The van der Waals surface area contributed by atoms with Gasteiger partial charge in [0.2, 0.25) is 0 Å². The molecule has 0 aliphatic carbocycles. The third kappa shape index (κ3) is 5.99. The zero-order valence-electron chi connectivity index (χ0n) is 5.95. The van der Waals surface area contributed by atoms with Crippen molar-refractivity contribution in [3.63, 3.8) is 0 Å². The van der Waals surface area contributed by atoms with E-state index in [9.17, 15) is 8.42 Å². The maximum atomic E-state index is 10.3. The van der Waals surface area contributed by atoms with Crippen molar-refractivity contribution in [2.75, 3.05) is 5.75 Å². The lowest BCUT2D eigenvalue weighted by atomic mass is 10.3. The summed E-state index contributed by atoms with van der Waals surface area (Å²) in [5.41, 5.74) is 0.0903. The molecule has 60 valence electrons. The highest BCUT2D eigenvalue weighted by molar-refractivity contribution is 7.85. The second-order valence-corrected chi connectivity index (χ2v) is 5.51. The summed E-state index contributed by atoms with van der Waals surface area (Å²) in [6, 6.07) is 0. The Kier molecular flexibility index (Phi) is 3.84. The predicted octanol–water partition coefficient (Wildman–Crippen LogP) is -0.396. The van der Waals surface area contributed by atoms with Gasteiger partial charge in [0, 0.05) is 10.2 Å². The van der Waals surface area contributed by atoms with Gasteiger partial charge in [-0.3, -0.25) is 4.55 Å². The van der Waals surface area contributed by atoms with Gasteiger partial charge in [-0.25, -0.2) is 0 Å².